The summed E-state index contributed by atoms with van der Waals surface area (Å²) in [6, 6.07) is 20.9. The molecule has 28 heavy (non-hydrogen) atoms. The number of benzene rings is 2. The largest absolute Gasteiger partial charge is 0.375 e. The molecule has 0 unspecified atom stereocenters. The van der Waals surface area contributed by atoms with Gasteiger partial charge in [0.1, 0.15) is 11.7 Å². The molecule has 4 heteroatoms. The predicted molar refractivity (Wildman–Crippen MR) is 108 cm³/mol. The Balaban J connectivity index is 1.34. The summed E-state index contributed by atoms with van der Waals surface area (Å²) in [5.74, 6) is 0.711. The summed E-state index contributed by atoms with van der Waals surface area (Å²) in [7, 11) is 0. The third-order valence-electron chi connectivity index (χ3n) is 6.55. The van der Waals surface area contributed by atoms with Crippen molar-refractivity contribution in [3.8, 4) is 0 Å². The van der Waals surface area contributed by atoms with Crippen molar-refractivity contribution in [2.24, 2.45) is 5.92 Å². The minimum absolute atomic E-state index is 0.0652. The quantitative estimate of drug-likeness (QED) is 0.796. The van der Waals surface area contributed by atoms with Gasteiger partial charge in [-0.05, 0) is 43.0 Å². The molecule has 4 nitrogen and oxygen atoms in total. The Hall–Kier alpha value is -1.72. The second kappa shape index (κ2) is 7.96. The van der Waals surface area contributed by atoms with Gasteiger partial charge in [0.15, 0.2) is 0 Å². The lowest BCUT2D eigenvalue weighted by Crippen LogP contribution is -2.53. The van der Waals surface area contributed by atoms with Gasteiger partial charge in [-0.25, -0.2) is 0 Å². The van der Waals surface area contributed by atoms with Gasteiger partial charge in [0, 0.05) is 6.54 Å². The van der Waals surface area contributed by atoms with Crippen molar-refractivity contribution in [1.82, 2.24) is 4.90 Å². The maximum Gasteiger partial charge on any atom is 0.142 e. The average molecular weight is 380 g/mol. The summed E-state index contributed by atoms with van der Waals surface area (Å²) in [6.45, 7) is 5.24. The van der Waals surface area contributed by atoms with Gasteiger partial charge in [0.05, 0.1) is 25.9 Å². The molecular weight excluding hydrogens is 350 g/mol. The van der Waals surface area contributed by atoms with Crippen LogP contribution >= 0.6 is 0 Å². The highest BCUT2D eigenvalue weighted by Crippen LogP contribution is 2.38. The molecule has 4 fully saturated rings. The average Bonchev–Trinajstić information content (AvgIpc) is 2.80. The van der Waals surface area contributed by atoms with Gasteiger partial charge >= 0.3 is 0 Å². The van der Waals surface area contributed by atoms with Crippen molar-refractivity contribution in [1.29, 1.82) is 0 Å². The van der Waals surface area contributed by atoms with Crippen LogP contribution < -0.4 is 0 Å². The van der Waals surface area contributed by atoms with E-state index in [1.165, 1.54) is 25.9 Å². The highest BCUT2D eigenvalue weighted by atomic mass is 16.6. The molecule has 0 aromatic heterocycles. The first-order chi connectivity index (χ1) is 13.8. The molecule has 6 rings (SSSR count). The fourth-order valence-corrected chi connectivity index (χ4v) is 4.98. The molecule has 2 aromatic rings. The van der Waals surface area contributed by atoms with E-state index >= 15 is 0 Å². The van der Waals surface area contributed by atoms with Crippen molar-refractivity contribution < 1.29 is 14.2 Å². The van der Waals surface area contributed by atoms with Gasteiger partial charge in [0.2, 0.25) is 0 Å². The summed E-state index contributed by atoms with van der Waals surface area (Å²) >= 11 is 0. The zero-order chi connectivity index (χ0) is 18.8. The van der Waals surface area contributed by atoms with Crippen molar-refractivity contribution in [2.75, 3.05) is 39.5 Å². The summed E-state index contributed by atoms with van der Waals surface area (Å²) in [5.41, 5.74) is 1.69. The Labute approximate surface area is 167 Å². The second-order valence-electron chi connectivity index (χ2n) is 8.32. The zero-order valence-corrected chi connectivity index (χ0v) is 16.3. The molecule has 2 bridgehead atoms. The molecular formula is C24H29NO3. The van der Waals surface area contributed by atoms with E-state index in [0.717, 1.165) is 17.7 Å². The first-order valence-corrected chi connectivity index (χ1v) is 10.5. The van der Waals surface area contributed by atoms with Crippen LogP contribution in [0.1, 0.15) is 24.0 Å². The molecule has 0 radical (unpaired) electrons. The molecule has 4 aliphatic heterocycles. The minimum atomic E-state index is -0.579. The second-order valence-corrected chi connectivity index (χ2v) is 8.32. The number of fused-ring (bicyclic) bond motifs is 3. The first kappa shape index (κ1) is 18.3. The third-order valence-corrected chi connectivity index (χ3v) is 6.55. The predicted octanol–water partition coefficient (Wildman–Crippen LogP) is 3.46. The Morgan fingerprint density at radius 1 is 0.929 bits per heavy atom. The van der Waals surface area contributed by atoms with Crippen LogP contribution in [0.5, 0.6) is 0 Å². The van der Waals surface area contributed by atoms with Crippen LogP contribution in [0.3, 0.4) is 0 Å². The molecule has 0 aliphatic carbocycles. The summed E-state index contributed by atoms with van der Waals surface area (Å²) < 4.78 is 19.2. The molecule has 4 heterocycles. The SMILES string of the molecule is c1ccc(C2(c3ccccc3)COC[C@H](CO[C@H]3CN4CCC3CC4)O2)cc1. The van der Waals surface area contributed by atoms with Crippen LogP contribution in [0.4, 0.5) is 0 Å². The number of nitrogens with zero attached hydrogens (tertiary/aromatic N) is 1. The molecule has 2 aromatic carbocycles. The van der Waals surface area contributed by atoms with Gasteiger partial charge < -0.3 is 19.1 Å². The van der Waals surface area contributed by atoms with E-state index in [0.29, 0.717) is 31.8 Å². The maximum absolute atomic E-state index is 6.75. The van der Waals surface area contributed by atoms with Crippen molar-refractivity contribution in [3.63, 3.8) is 0 Å². The summed E-state index contributed by atoms with van der Waals surface area (Å²) in [5, 5.41) is 0. The molecule has 0 spiro atoms. The molecule has 0 saturated carbocycles. The van der Waals surface area contributed by atoms with Gasteiger partial charge in [-0.3, -0.25) is 0 Å². The Morgan fingerprint density at radius 2 is 1.57 bits per heavy atom. The van der Waals surface area contributed by atoms with Crippen molar-refractivity contribution >= 4 is 0 Å². The molecule has 4 saturated heterocycles. The van der Waals surface area contributed by atoms with E-state index in [4.69, 9.17) is 14.2 Å². The molecule has 0 amide bonds. The van der Waals surface area contributed by atoms with E-state index in [1.807, 2.05) is 12.1 Å². The van der Waals surface area contributed by atoms with Crippen LogP contribution in [0, 0.1) is 5.92 Å². The standard InChI is InChI=1S/C24H29NO3/c1-3-7-20(8-4-1)24(21-9-5-2-6-10-21)18-26-16-22(28-24)17-27-23-15-25-13-11-19(23)12-14-25/h1-10,19,22-23H,11-18H2/t22-,23+/m1/s1. The van der Waals surface area contributed by atoms with Gasteiger partial charge in [0.25, 0.3) is 0 Å². The Morgan fingerprint density at radius 3 is 2.14 bits per heavy atom. The van der Waals surface area contributed by atoms with E-state index in [1.54, 1.807) is 0 Å². The molecule has 4 aliphatic rings. The maximum atomic E-state index is 6.75. The Kier molecular flexibility index (Phi) is 5.20. The number of hydrogen-bond acceptors (Lipinski definition) is 4. The summed E-state index contributed by atoms with van der Waals surface area (Å²) in [4.78, 5) is 2.53. The lowest BCUT2D eigenvalue weighted by molar-refractivity contribution is -0.209. The number of rotatable bonds is 5. The molecule has 0 N–H and O–H groups in total. The van der Waals surface area contributed by atoms with Crippen LogP contribution in [0.2, 0.25) is 0 Å². The van der Waals surface area contributed by atoms with E-state index in [-0.39, 0.29) is 6.10 Å². The lowest BCUT2D eigenvalue weighted by Gasteiger charge is -2.46. The normalized spacial score (nSPS) is 31.6. The minimum Gasteiger partial charge on any atom is -0.375 e. The fourth-order valence-electron chi connectivity index (χ4n) is 4.98. The fraction of sp³-hybridized carbons (Fsp3) is 0.500. The topological polar surface area (TPSA) is 30.9 Å². The molecule has 148 valence electrons. The van der Waals surface area contributed by atoms with E-state index < -0.39 is 5.60 Å². The van der Waals surface area contributed by atoms with E-state index in [2.05, 4.69) is 53.4 Å². The van der Waals surface area contributed by atoms with Crippen molar-refractivity contribution in [2.45, 2.75) is 30.7 Å². The van der Waals surface area contributed by atoms with Gasteiger partial charge in [-0.2, -0.15) is 0 Å². The van der Waals surface area contributed by atoms with Crippen LogP contribution in [0.25, 0.3) is 0 Å². The van der Waals surface area contributed by atoms with Crippen LogP contribution in [0.15, 0.2) is 60.7 Å². The lowest BCUT2D eigenvalue weighted by atomic mass is 9.85. The van der Waals surface area contributed by atoms with E-state index in [9.17, 15) is 0 Å². The number of ether oxygens (including phenoxy) is 3. The zero-order valence-electron chi connectivity index (χ0n) is 16.3. The third kappa shape index (κ3) is 3.50. The van der Waals surface area contributed by atoms with Crippen molar-refractivity contribution in [3.05, 3.63) is 71.8 Å². The van der Waals surface area contributed by atoms with Gasteiger partial charge in [-0.1, -0.05) is 60.7 Å². The highest BCUT2D eigenvalue weighted by Gasteiger charge is 2.42. The smallest absolute Gasteiger partial charge is 0.142 e. The monoisotopic (exact) mass is 379 g/mol. The van der Waals surface area contributed by atoms with Crippen LogP contribution in [-0.4, -0.2) is 56.6 Å². The van der Waals surface area contributed by atoms with Gasteiger partial charge in [-0.15, -0.1) is 0 Å². The number of hydrogen-bond donors (Lipinski definition) is 0. The Bertz CT molecular complexity index is 718. The molecule has 2 atom stereocenters. The van der Waals surface area contributed by atoms with Crippen LogP contribution in [-0.2, 0) is 19.8 Å². The first-order valence-electron chi connectivity index (χ1n) is 10.5. The summed E-state index contributed by atoms with van der Waals surface area (Å²) in [6.07, 6.45) is 2.82. The highest BCUT2D eigenvalue weighted by molar-refractivity contribution is 5.37. The number of piperidine rings is 3.